The van der Waals surface area contributed by atoms with E-state index in [9.17, 15) is 14.0 Å². The largest absolute Gasteiger partial charge is 0.342 e. The molecule has 1 saturated heterocycles. The number of hydrogen-bond acceptors (Lipinski definition) is 4. The van der Waals surface area contributed by atoms with Crippen LogP contribution in [0.2, 0.25) is 5.02 Å². The fraction of sp³-hybridized carbons (Fsp3) is 0.357. The molecule has 1 aliphatic rings. The molecule has 3 heterocycles. The number of anilines is 1. The van der Waals surface area contributed by atoms with Crippen molar-refractivity contribution in [3.63, 3.8) is 0 Å². The molecule has 0 aliphatic carbocycles. The van der Waals surface area contributed by atoms with Crippen LogP contribution in [-0.2, 0) is 11.3 Å². The van der Waals surface area contributed by atoms with Crippen molar-refractivity contribution in [2.45, 2.75) is 40.2 Å². The van der Waals surface area contributed by atoms with Gasteiger partial charge in [-0.25, -0.2) is 9.37 Å². The highest BCUT2D eigenvalue weighted by Gasteiger charge is 2.27. The van der Waals surface area contributed by atoms with Crippen molar-refractivity contribution >= 4 is 29.2 Å². The van der Waals surface area contributed by atoms with E-state index in [1.54, 1.807) is 29.1 Å². The van der Waals surface area contributed by atoms with E-state index >= 15 is 0 Å². The fourth-order valence-electron chi connectivity index (χ4n) is 4.32. The van der Waals surface area contributed by atoms with Gasteiger partial charge in [0.25, 0.3) is 5.91 Å². The van der Waals surface area contributed by atoms with Crippen molar-refractivity contribution in [3.05, 3.63) is 75.9 Å². The lowest BCUT2D eigenvalue weighted by Gasteiger charge is -2.33. The van der Waals surface area contributed by atoms with E-state index in [4.69, 9.17) is 11.6 Å². The van der Waals surface area contributed by atoms with Gasteiger partial charge in [-0.05, 0) is 55.5 Å². The third-order valence-electron chi connectivity index (χ3n) is 6.35. The molecule has 0 bridgehead atoms. The van der Waals surface area contributed by atoms with Crippen LogP contribution in [0.25, 0.3) is 0 Å². The quantitative estimate of drug-likeness (QED) is 0.483. The third kappa shape index (κ3) is 6.55. The molecule has 0 saturated carbocycles. The zero-order chi connectivity index (χ0) is 26.5. The lowest BCUT2D eigenvalue weighted by molar-refractivity contribution is -0.135. The first-order valence-corrected chi connectivity index (χ1v) is 12.6. The number of amides is 2. The van der Waals surface area contributed by atoms with Crippen molar-refractivity contribution in [3.8, 4) is 11.8 Å². The third-order valence-corrected chi connectivity index (χ3v) is 6.62. The highest BCUT2D eigenvalue weighted by atomic mass is 35.5. The molecule has 192 valence electrons. The smallest absolute Gasteiger partial charge is 0.276 e. The number of nitrogens with one attached hydrogen (secondary N) is 1. The number of aromatic nitrogens is 3. The van der Waals surface area contributed by atoms with Gasteiger partial charge in [0, 0.05) is 42.9 Å². The molecule has 1 N–H and O–H groups in total. The zero-order valence-electron chi connectivity index (χ0n) is 21.1. The lowest BCUT2D eigenvalue weighted by atomic mass is 9.96. The Labute approximate surface area is 221 Å². The maximum Gasteiger partial charge on any atom is 0.276 e. The van der Waals surface area contributed by atoms with Gasteiger partial charge < -0.3 is 10.2 Å². The molecular formula is C28H29ClFN5O2. The Morgan fingerprint density at radius 1 is 1.16 bits per heavy atom. The summed E-state index contributed by atoms with van der Waals surface area (Å²) in [6, 6.07) is 7.87. The van der Waals surface area contributed by atoms with E-state index in [1.165, 1.54) is 18.3 Å². The summed E-state index contributed by atoms with van der Waals surface area (Å²) in [4.78, 5) is 31.7. The Balaban J connectivity index is 1.41. The van der Waals surface area contributed by atoms with Crippen LogP contribution in [0, 0.1) is 36.4 Å². The summed E-state index contributed by atoms with van der Waals surface area (Å²) >= 11 is 6.34. The fourth-order valence-corrected chi connectivity index (χ4v) is 4.55. The number of piperidine rings is 1. The molecule has 7 nitrogen and oxygen atoms in total. The van der Waals surface area contributed by atoms with Crippen molar-refractivity contribution in [2.24, 2.45) is 11.8 Å². The van der Waals surface area contributed by atoms with Gasteiger partial charge >= 0.3 is 0 Å². The number of carbonyl (C=O) groups is 2. The zero-order valence-corrected chi connectivity index (χ0v) is 21.8. The minimum Gasteiger partial charge on any atom is -0.342 e. The van der Waals surface area contributed by atoms with Gasteiger partial charge in [0.15, 0.2) is 0 Å². The van der Waals surface area contributed by atoms with E-state index in [1.807, 2.05) is 25.7 Å². The van der Waals surface area contributed by atoms with Gasteiger partial charge in [0.2, 0.25) is 5.91 Å². The highest BCUT2D eigenvalue weighted by Crippen LogP contribution is 2.24. The normalized spacial score (nSPS) is 13.8. The Bertz CT molecular complexity index is 1370. The SMILES string of the molecule is Cc1cc(C#Cc2cccc(F)c2)cnc1NC(=O)c1c(Cl)cnn1CC1CCN(C(=O)C(C)C)CC1. The molecular weight excluding hydrogens is 493 g/mol. The van der Waals surface area contributed by atoms with Gasteiger partial charge in [0.05, 0.1) is 11.2 Å². The number of carbonyl (C=O) groups excluding carboxylic acids is 2. The van der Waals surface area contributed by atoms with E-state index in [0.717, 1.165) is 18.4 Å². The van der Waals surface area contributed by atoms with Crippen LogP contribution in [0.1, 0.15) is 53.9 Å². The molecule has 2 aromatic heterocycles. The average molecular weight is 522 g/mol. The van der Waals surface area contributed by atoms with Crippen molar-refractivity contribution in [1.82, 2.24) is 19.7 Å². The van der Waals surface area contributed by atoms with Crippen molar-refractivity contribution in [2.75, 3.05) is 18.4 Å². The van der Waals surface area contributed by atoms with E-state index in [-0.39, 0.29) is 34.3 Å². The second-order valence-corrected chi connectivity index (χ2v) is 9.96. The molecule has 1 fully saturated rings. The summed E-state index contributed by atoms with van der Waals surface area (Å²) < 4.78 is 15.0. The maximum atomic E-state index is 13.4. The van der Waals surface area contributed by atoms with E-state index in [2.05, 4.69) is 27.2 Å². The standard InChI is InChI=1S/C28H29ClFN5O2/c1-18(2)28(37)34-11-9-21(10-12-34)17-35-25(24(29)16-32-35)27(36)33-26-19(3)13-22(15-31-26)8-7-20-5-4-6-23(30)14-20/h4-6,13-16,18,21H,9-12,17H2,1-3H3,(H,31,33,36). The number of halogens is 2. The first-order valence-electron chi connectivity index (χ1n) is 12.3. The molecule has 1 aromatic carbocycles. The number of nitrogens with zero attached hydrogens (tertiary/aromatic N) is 4. The second-order valence-electron chi connectivity index (χ2n) is 9.55. The summed E-state index contributed by atoms with van der Waals surface area (Å²) in [5, 5.41) is 7.42. The van der Waals surface area contributed by atoms with Crippen LogP contribution in [0.15, 0.2) is 42.7 Å². The van der Waals surface area contributed by atoms with Crippen LogP contribution in [0.5, 0.6) is 0 Å². The van der Waals surface area contributed by atoms with Crippen LogP contribution in [0.3, 0.4) is 0 Å². The Hall–Kier alpha value is -3.70. The summed E-state index contributed by atoms with van der Waals surface area (Å²) in [5.74, 6) is 5.98. The molecule has 0 radical (unpaired) electrons. The van der Waals surface area contributed by atoms with Gasteiger partial charge in [0.1, 0.15) is 17.3 Å². The van der Waals surface area contributed by atoms with Gasteiger partial charge in [-0.3, -0.25) is 14.3 Å². The summed E-state index contributed by atoms with van der Waals surface area (Å²) in [5.41, 5.74) is 2.21. The highest BCUT2D eigenvalue weighted by molar-refractivity contribution is 6.34. The van der Waals surface area contributed by atoms with Crippen LogP contribution >= 0.6 is 11.6 Å². The Morgan fingerprint density at radius 3 is 2.57 bits per heavy atom. The van der Waals surface area contributed by atoms with Gasteiger partial charge in [-0.2, -0.15) is 5.10 Å². The first kappa shape index (κ1) is 26.4. The number of hydrogen-bond donors (Lipinski definition) is 1. The first-order chi connectivity index (χ1) is 17.7. The van der Waals surface area contributed by atoms with Gasteiger partial charge in [-0.15, -0.1) is 0 Å². The Kier molecular flexibility index (Phi) is 8.24. The summed E-state index contributed by atoms with van der Waals surface area (Å²) in [6.45, 7) is 7.60. The molecule has 3 aromatic rings. The molecule has 1 aliphatic heterocycles. The molecule has 9 heteroatoms. The van der Waals surface area contributed by atoms with Crippen LogP contribution in [-0.4, -0.2) is 44.6 Å². The summed E-state index contributed by atoms with van der Waals surface area (Å²) in [6.07, 6.45) is 4.71. The van der Waals surface area contributed by atoms with Crippen molar-refractivity contribution in [1.29, 1.82) is 0 Å². The van der Waals surface area contributed by atoms with E-state index in [0.29, 0.717) is 36.6 Å². The molecule has 0 unspecified atom stereocenters. The van der Waals surface area contributed by atoms with Gasteiger partial charge in [-0.1, -0.05) is 43.4 Å². The maximum absolute atomic E-state index is 13.4. The molecule has 2 amide bonds. The second kappa shape index (κ2) is 11.6. The number of likely N-dealkylation sites (tertiary alicyclic amines) is 1. The van der Waals surface area contributed by atoms with Crippen molar-refractivity contribution < 1.29 is 14.0 Å². The molecule has 4 rings (SSSR count). The summed E-state index contributed by atoms with van der Waals surface area (Å²) in [7, 11) is 0. The molecule has 0 spiro atoms. The minimum absolute atomic E-state index is 0.0108. The number of benzene rings is 1. The minimum atomic E-state index is -0.399. The molecule has 37 heavy (non-hydrogen) atoms. The average Bonchev–Trinajstić information content (AvgIpc) is 3.24. The molecule has 0 atom stereocenters. The lowest BCUT2D eigenvalue weighted by Crippen LogP contribution is -2.41. The van der Waals surface area contributed by atoms with E-state index < -0.39 is 5.91 Å². The monoisotopic (exact) mass is 521 g/mol. The predicted molar refractivity (Wildman–Crippen MR) is 141 cm³/mol. The van der Waals surface area contributed by atoms with Crippen LogP contribution in [0.4, 0.5) is 10.2 Å². The Morgan fingerprint density at radius 2 is 1.89 bits per heavy atom. The van der Waals surface area contributed by atoms with Crippen LogP contribution < -0.4 is 5.32 Å². The number of rotatable bonds is 5. The predicted octanol–water partition coefficient (Wildman–Crippen LogP) is 4.93. The number of aryl methyl sites for hydroxylation is 1. The number of pyridine rings is 1. The topological polar surface area (TPSA) is 80.1 Å².